The van der Waals surface area contributed by atoms with Gasteiger partial charge >= 0.3 is 0 Å². The van der Waals surface area contributed by atoms with E-state index in [1.54, 1.807) is 0 Å². The molecule has 0 aliphatic heterocycles. The molecule has 0 aliphatic carbocycles. The van der Waals surface area contributed by atoms with Crippen LogP contribution in [0.5, 0.6) is 0 Å². The van der Waals surface area contributed by atoms with Gasteiger partial charge < -0.3 is 10.1 Å². The summed E-state index contributed by atoms with van der Waals surface area (Å²) >= 11 is 0. The van der Waals surface area contributed by atoms with E-state index in [1.807, 2.05) is 24.4 Å². The summed E-state index contributed by atoms with van der Waals surface area (Å²) in [6.07, 6.45) is 2.04. The normalized spacial score (nSPS) is 11.2. The van der Waals surface area contributed by atoms with E-state index < -0.39 is 16.1 Å². The zero-order chi connectivity index (χ0) is 24.9. The van der Waals surface area contributed by atoms with Gasteiger partial charge in [-0.1, -0.05) is 79.9 Å². The molecule has 0 fully saturated rings. The molecule has 1 radical (unpaired) electrons. The number of nitrogens with zero attached hydrogens (tertiary/aromatic N) is 2. The standard InChI is InChI=1S/C28H30N2Si2.CH4O.Ir/c1-31(2,3)24-15-16-25(29-20-24)22-13-10-14-23(19-22)28-27(32(4,5)6)18-17-26(30-28)21-11-8-7-9-12-21;1-2;/h7-11,13-18,20H,1-6H3;2H,1H3;/q-2;;. The summed E-state index contributed by atoms with van der Waals surface area (Å²) in [5.74, 6) is 0. The fourth-order valence-electron chi connectivity index (χ4n) is 3.73. The van der Waals surface area contributed by atoms with Crippen LogP contribution in [0.2, 0.25) is 39.3 Å². The van der Waals surface area contributed by atoms with Crippen molar-refractivity contribution in [3.63, 3.8) is 0 Å². The number of aromatic nitrogens is 2. The van der Waals surface area contributed by atoms with Crippen LogP contribution in [-0.2, 0) is 20.1 Å². The van der Waals surface area contributed by atoms with Crippen molar-refractivity contribution >= 4 is 26.5 Å². The van der Waals surface area contributed by atoms with Crippen molar-refractivity contribution in [2.24, 2.45) is 0 Å². The number of rotatable bonds is 5. The van der Waals surface area contributed by atoms with E-state index in [-0.39, 0.29) is 20.1 Å². The molecule has 0 amide bonds. The summed E-state index contributed by atoms with van der Waals surface area (Å²) in [5, 5.41) is 9.71. The second-order valence-corrected chi connectivity index (χ2v) is 20.4. The first kappa shape index (κ1) is 29.0. The molecule has 0 bridgehead atoms. The third-order valence-electron chi connectivity index (χ3n) is 5.64. The predicted octanol–water partition coefficient (Wildman–Crippen LogP) is 5.77. The first-order chi connectivity index (χ1) is 16.1. The summed E-state index contributed by atoms with van der Waals surface area (Å²) in [6, 6.07) is 30.0. The van der Waals surface area contributed by atoms with Crippen LogP contribution in [0, 0.1) is 12.1 Å². The number of pyridine rings is 2. The van der Waals surface area contributed by atoms with Gasteiger partial charge in [0, 0.05) is 39.1 Å². The average molecular weight is 675 g/mol. The van der Waals surface area contributed by atoms with E-state index in [0.717, 1.165) is 40.9 Å². The van der Waals surface area contributed by atoms with Gasteiger partial charge in [-0.15, -0.1) is 60.2 Å². The molecule has 0 aliphatic rings. The number of hydrogen-bond donors (Lipinski definition) is 1. The van der Waals surface area contributed by atoms with Crippen molar-refractivity contribution in [2.45, 2.75) is 39.3 Å². The second kappa shape index (κ2) is 12.2. The van der Waals surface area contributed by atoms with E-state index in [0.29, 0.717) is 0 Å². The minimum Gasteiger partial charge on any atom is -0.400 e. The van der Waals surface area contributed by atoms with Gasteiger partial charge in [-0.25, -0.2) is 0 Å². The SMILES string of the molecule is CO.C[Si](C)(C)c1ccc(-c2[c-]c(-c3nc(-c4[c-]cccc4)ccc3[Si](C)(C)C)ccc2)nc1.[Ir]. The molecular formula is C29H34IrN2OSi2-2. The van der Waals surface area contributed by atoms with E-state index in [2.05, 4.69) is 99.9 Å². The van der Waals surface area contributed by atoms with Gasteiger partial charge in [-0.2, -0.15) is 0 Å². The summed E-state index contributed by atoms with van der Waals surface area (Å²) in [7, 11) is -1.98. The third kappa shape index (κ3) is 7.15. The largest absolute Gasteiger partial charge is 0.400 e. The minimum atomic E-state index is -1.61. The van der Waals surface area contributed by atoms with Gasteiger partial charge in [0.15, 0.2) is 0 Å². The molecule has 185 valence electrons. The Labute approximate surface area is 226 Å². The van der Waals surface area contributed by atoms with Crippen LogP contribution in [0.15, 0.2) is 72.9 Å². The molecule has 6 heteroatoms. The molecule has 4 rings (SSSR count). The maximum atomic E-state index is 7.00. The first-order valence-corrected chi connectivity index (χ1v) is 18.6. The van der Waals surface area contributed by atoms with Crippen LogP contribution >= 0.6 is 0 Å². The van der Waals surface area contributed by atoms with Crippen LogP contribution < -0.4 is 10.4 Å². The number of benzene rings is 2. The van der Waals surface area contributed by atoms with E-state index in [4.69, 9.17) is 15.1 Å². The van der Waals surface area contributed by atoms with E-state index >= 15 is 0 Å². The van der Waals surface area contributed by atoms with Gasteiger partial charge in [-0.05, 0) is 16.6 Å². The predicted molar refractivity (Wildman–Crippen MR) is 150 cm³/mol. The van der Waals surface area contributed by atoms with E-state index in [9.17, 15) is 0 Å². The van der Waals surface area contributed by atoms with Crippen LogP contribution in [0.1, 0.15) is 0 Å². The Morgan fingerprint density at radius 1 is 0.686 bits per heavy atom. The van der Waals surface area contributed by atoms with Crippen LogP contribution in [0.3, 0.4) is 0 Å². The molecule has 0 spiro atoms. The van der Waals surface area contributed by atoms with Crippen molar-refractivity contribution in [2.75, 3.05) is 7.11 Å². The number of aliphatic hydroxyl groups excluding tert-OH is 1. The minimum absolute atomic E-state index is 0. The zero-order valence-corrected chi connectivity index (χ0v) is 26.0. The molecule has 1 N–H and O–H groups in total. The molecular weight excluding hydrogens is 641 g/mol. The van der Waals surface area contributed by atoms with Crippen LogP contribution in [-0.4, -0.2) is 38.3 Å². The first-order valence-electron chi connectivity index (χ1n) is 11.6. The fraction of sp³-hybridized carbons (Fsp3) is 0.241. The second-order valence-electron chi connectivity index (χ2n) is 10.3. The van der Waals surface area contributed by atoms with Crippen molar-refractivity contribution in [1.82, 2.24) is 9.97 Å². The Morgan fingerprint density at radius 2 is 1.34 bits per heavy atom. The van der Waals surface area contributed by atoms with Gasteiger partial charge in [0.05, 0.1) is 16.1 Å². The van der Waals surface area contributed by atoms with Crippen molar-refractivity contribution in [3.05, 3.63) is 85.1 Å². The summed E-state index contributed by atoms with van der Waals surface area (Å²) in [4.78, 5) is 9.89. The molecule has 2 heterocycles. The quantitative estimate of drug-likeness (QED) is 0.216. The van der Waals surface area contributed by atoms with Gasteiger partial charge in [0.25, 0.3) is 0 Å². The monoisotopic (exact) mass is 675 g/mol. The van der Waals surface area contributed by atoms with Crippen LogP contribution in [0.25, 0.3) is 33.8 Å². The Kier molecular flexibility index (Phi) is 10.1. The van der Waals surface area contributed by atoms with Gasteiger partial charge in [0.2, 0.25) is 0 Å². The Hall–Kier alpha value is -2.22. The number of hydrogen-bond acceptors (Lipinski definition) is 3. The summed E-state index contributed by atoms with van der Waals surface area (Å²) in [5.41, 5.74) is 5.96. The number of aliphatic hydroxyl groups is 1. The Balaban J connectivity index is 0.00000140. The van der Waals surface area contributed by atoms with Crippen molar-refractivity contribution in [1.29, 1.82) is 0 Å². The van der Waals surface area contributed by atoms with Gasteiger partial charge in [-0.3, -0.25) is 4.98 Å². The molecule has 0 saturated carbocycles. The maximum Gasteiger partial charge on any atom is 0.0795 e. The van der Waals surface area contributed by atoms with E-state index in [1.165, 1.54) is 10.4 Å². The summed E-state index contributed by atoms with van der Waals surface area (Å²) in [6.45, 7) is 14.1. The average Bonchev–Trinajstić information content (AvgIpc) is 2.84. The Bertz CT molecular complexity index is 1230. The molecule has 3 nitrogen and oxygen atoms in total. The Morgan fingerprint density at radius 3 is 1.91 bits per heavy atom. The third-order valence-corrected chi connectivity index (χ3v) is 9.69. The molecule has 2 aromatic carbocycles. The smallest absolute Gasteiger partial charge is 0.0795 e. The molecule has 0 unspecified atom stereocenters. The molecule has 0 atom stereocenters. The molecule has 35 heavy (non-hydrogen) atoms. The van der Waals surface area contributed by atoms with Gasteiger partial charge in [0.1, 0.15) is 0 Å². The molecule has 2 aromatic heterocycles. The summed E-state index contributed by atoms with van der Waals surface area (Å²) < 4.78 is 0. The molecule has 0 saturated heterocycles. The zero-order valence-electron chi connectivity index (χ0n) is 21.6. The van der Waals surface area contributed by atoms with Crippen molar-refractivity contribution in [3.8, 4) is 33.8 Å². The fourth-order valence-corrected chi connectivity index (χ4v) is 6.25. The van der Waals surface area contributed by atoms with Crippen LogP contribution in [0.4, 0.5) is 0 Å². The molecule has 4 aromatic rings. The maximum absolute atomic E-state index is 7.00. The topological polar surface area (TPSA) is 46.0 Å². The van der Waals surface area contributed by atoms with Crippen molar-refractivity contribution < 1.29 is 25.2 Å².